The predicted octanol–water partition coefficient (Wildman–Crippen LogP) is 2.79. The molecule has 0 saturated heterocycles. The van der Waals surface area contributed by atoms with Crippen molar-refractivity contribution in [3.8, 4) is 11.5 Å². The molecule has 0 bridgehead atoms. The van der Waals surface area contributed by atoms with Gasteiger partial charge in [-0.15, -0.1) is 0 Å². The highest BCUT2D eigenvalue weighted by Gasteiger charge is 2.18. The third kappa shape index (κ3) is 2.31. The lowest BCUT2D eigenvalue weighted by Gasteiger charge is -2.17. The number of hydrogen-bond acceptors (Lipinski definition) is 3. The fourth-order valence-electron chi connectivity index (χ4n) is 1.95. The van der Waals surface area contributed by atoms with E-state index in [0.717, 1.165) is 11.1 Å². The zero-order valence-corrected chi connectivity index (χ0v) is 10.5. The quantitative estimate of drug-likeness (QED) is 0.898. The summed E-state index contributed by atoms with van der Waals surface area (Å²) >= 11 is 0. The van der Waals surface area contributed by atoms with E-state index < -0.39 is 6.10 Å². The molecule has 3 nitrogen and oxygen atoms in total. The van der Waals surface area contributed by atoms with Gasteiger partial charge in [0, 0.05) is 11.1 Å². The second-order valence-corrected chi connectivity index (χ2v) is 3.89. The number of para-hydroxylation sites is 2. The Balaban J connectivity index is 2.44. The molecule has 0 heterocycles. The first-order chi connectivity index (χ1) is 8.77. The molecule has 94 valence electrons. The van der Waals surface area contributed by atoms with Gasteiger partial charge < -0.3 is 14.6 Å². The largest absolute Gasteiger partial charge is 0.496 e. The van der Waals surface area contributed by atoms with Crippen LogP contribution < -0.4 is 9.47 Å². The van der Waals surface area contributed by atoms with Gasteiger partial charge in [0.2, 0.25) is 0 Å². The van der Waals surface area contributed by atoms with Crippen molar-refractivity contribution in [2.45, 2.75) is 6.10 Å². The molecule has 2 aromatic carbocycles. The minimum Gasteiger partial charge on any atom is -0.496 e. The molecule has 0 amide bonds. The van der Waals surface area contributed by atoms with Crippen LogP contribution in [0.3, 0.4) is 0 Å². The van der Waals surface area contributed by atoms with Gasteiger partial charge in [-0.3, -0.25) is 0 Å². The van der Waals surface area contributed by atoms with Gasteiger partial charge in [-0.2, -0.15) is 0 Å². The van der Waals surface area contributed by atoms with E-state index in [1.54, 1.807) is 14.2 Å². The normalized spacial score (nSPS) is 10.4. The van der Waals surface area contributed by atoms with Gasteiger partial charge in [0.05, 0.1) is 14.2 Å². The Kier molecular flexibility index (Phi) is 3.85. The molecule has 0 aliphatic rings. The van der Waals surface area contributed by atoms with E-state index in [2.05, 4.69) is 0 Å². The molecule has 0 aromatic heterocycles. The summed E-state index contributed by atoms with van der Waals surface area (Å²) in [4.78, 5) is 0. The zero-order valence-electron chi connectivity index (χ0n) is 10.5. The van der Waals surface area contributed by atoms with E-state index in [1.165, 1.54) is 0 Å². The lowest BCUT2D eigenvalue weighted by Crippen LogP contribution is -2.04. The third-order valence-corrected chi connectivity index (χ3v) is 2.87. The Morgan fingerprint density at radius 3 is 1.56 bits per heavy atom. The number of rotatable bonds is 4. The average Bonchev–Trinajstić information content (AvgIpc) is 2.46. The molecular formula is C15H16O3. The Hall–Kier alpha value is -2.00. The highest BCUT2D eigenvalue weighted by molar-refractivity contribution is 5.45. The number of aliphatic hydroxyl groups is 1. The first-order valence-electron chi connectivity index (χ1n) is 5.71. The standard InChI is InChI=1S/C15H16O3/c1-17-13-9-5-3-7-11(13)15(16)12-8-4-6-10-14(12)18-2/h3-10,15-16H,1-2H3. The topological polar surface area (TPSA) is 38.7 Å². The van der Waals surface area contributed by atoms with Gasteiger partial charge in [-0.25, -0.2) is 0 Å². The molecule has 0 radical (unpaired) electrons. The monoisotopic (exact) mass is 244 g/mol. The molecule has 0 aliphatic heterocycles. The van der Waals surface area contributed by atoms with Crippen molar-refractivity contribution in [3.63, 3.8) is 0 Å². The molecule has 0 spiro atoms. The Labute approximate surface area is 107 Å². The number of methoxy groups -OCH3 is 2. The van der Waals surface area contributed by atoms with Crippen molar-refractivity contribution in [3.05, 3.63) is 59.7 Å². The molecule has 3 heteroatoms. The number of benzene rings is 2. The summed E-state index contributed by atoms with van der Waals surface area (Å²) in [6.07, 6.45) is -0.766. The summed E-state index contributed by atoms with van der Waals surface area (Å²) in [5.74, 6) is 1.33. The molecule has 1 N–H and O–H groups in total. The lowest BCUT2D eigenvalue weighted by atomic mass is 10.00. The maximum absolute atomic E-state index is 10.5. The Morgan fingerprint density at radius 2 is 1.17 bits per heavy atom. The summed E-state index contributed by atoms with van der Waals surface area (Å²) in [7, 11) is 3.18. The first-order valence-corrected chi connectivity index (χ1v) is 5.71. The van der Waals surface area contributed by atoms with Crippen molar-refractivity contribution in [1.29, 1.82) is 0 Å². The minimum absolute atomic E-state index is 0.663. The average molecular weight is 244 g/mol. The van der Waals surface area contributed by atoms with E-state index in [4.69, 9.17) is 9.47 Å². The second kappa shape index (κ2) is 5.56. The molecule has 0 saturated carbocycles. The van der Waals surface area contributed by atoms with E-state index >= 15 is 0 Å². The van der Waals surface area contributed by atoms with Gasteiger partial charge in [0.15, 0.2) is 0 Å². The molecule has 0 aliphatic carbocycles. The van der Waals surface area contributed by atoms with Crippen molar-refractivity contribution >= 4 is 0 Å². The molecule has 0 atom stereocenters. The maximum Gasteiger partial charge on any atom is 0.125 e. The minimum atomic E-state index is -0.766. The highest BCUT2D eigenvalue weighted by Crippen LogP contribution is 2.34. The van der Waals surface area contributed by atoms with Crippen LogP contribution in [0.4, 0.5) is 0 Å². The van der Waals surface area contributed by atoms with Crippen molar-refractivity contribution in [2.24, 2.45) is 0 Å². The molecule has 18 heavy (non-hydrogen) atoms. The molecule has 0 fully saturated rings. The van der Waals surface area contributed by atoms with Crippen LogP contribution in [0.25, 0.3) is 0 Å². The van der Waals surface area contributed by atoms with Crippen molar-refractivity contribution in [1.82, 2.24) is 0 Å². The summed E-state index contributed by atoms with van der Waals surface area (Å²) < 4.78 is 10.5. The van der Waals surface area contributed by atoms with Gasteiger partial charge in [-0.1, -0.05) is 36.4 Å². The summed E-state index contributed by atoms with van der Waals surface area (Å²) in [6, 6.07) is 14.8. The summed E-state index contributed by atoms with van der Waals surface area (Å²) in [5.41, 5.74) is 1.45. The van der Waals surface area contributed by atoms with Crippen molar-refractivity contribution < 1.29 is 14.6 Å². The van der Waals surface area contributed by atoms with E-state index in [-0.39, 0.29) is 0 Å². The maximum atomic E-state index is 10.5. The fourth-order valence-corrected chi connectivity index (χ4v) is 1.95. The van der Waals surface area contributed by atoms with Crippen LogP contribution in [-0.2, 0) is 0 Å². The van der Waals surface area contributed by atoms with Crippen LogP contribution in [0.1, 0.15) is 17.2 Å². The Bertz CT molecular complexity index is 475. The number of hydrogen-bond donors (Lipinski definition) is 1. The molecular weight excluding hydrogens is 228 g/mol. The van der Waals surface area contributed by atoms with E-state index in [9.17, 15) is 5.11 Å². The summed E-state index contributed by atoms with van der Waals surface area (Å²) in [6.45, 7) is 0. The SMILES string of the molecule is COc1ccccc1C(O)c1ccccc1OC. The first kappa shape index (κ1) is 12.5. The fraction of sp³-hybridized carbons (Fsp3) is 0.200. The second-order valence-electron chi connectivity index (χ2n) is 3.89. The molecule has 0 unspecified atom stereocenters. The van der Waals surface area contributed by atoms with E-state index in [0.29, 0.717) is 11.5 Å². The molecule has 2 rings (SSSR count). The smallest absolute Gasteiger partial charge is 0.125 e. The van der Waals surface area contributed by atoms with E-state index in [1.807, 2.05) is 48.5 Å². The van der Waals surface area contributed by atoms with Crippen LogP contribution >= 0.6 is 0 Å². The zero-order chi connectivity index (χ0) is 13.0. The van der Waals surface area contributed by atoms with Crippen LogP contribution in [0.15, 0.2) is 48.5 Å². The van der Waals surface area contributed by atoms with Gasteiger partial charge in [0.1, 0.15) is 17.6 Å². The number of ether oxygens (including phenoxy) is 2. The van der Waals surface area contributed by atoms with Gasteiger partial charge in [-0.05, 0) is 12.1 Å². The molecule has 2 aromatic rings. The van der Waals surface area contributed by atoms with Crippen LogP contribution in [-0.4, -0.2) is 19.3 Å². The Morgan fingerprint density at radius 1 is 0.778 bits per heavy atom. The highest BCUT2D eigenvalue weighted by atomic mass is 16.5. The van der Waals surface area contributed by atoms with Crippen LogP contribution in [0.5, 0.6) is 11.5 Å². The summed E-state index contributed by atoms with van der Waals surface area (Å²) in [5, 5.41) is 10.5. The lowest BCUT2D eigenvalue weighted by molar-refractivity contribution is 0.209. The third-order valence-electron chi connectivity index (χ3n) is 2.87. The van der Waals surface area contributed by atoms with Crippen molar-refractivity contribution in [2.75, 3.05) is 14.2 Å². The predicted molar refractivity (Wildman–Crippen MR) is 70.0 cm³/mol. The van der Waals surface area contributed by atoms with Crippen LogP contribution in [0, 0.1) is 0 Å². The van der Waals surface area contributed by atoms with Crippen LogP contribution in [0.2, 0.25) is 0 Å². The number of aliphatic hydroxyl groups excluding tert-OH is 1. The van der Waals surface area contributed by atoms with Gasteiger partial charge >= 0.3 is 0 Å². The van der Waals surface area contributed by atoms with Gasteiger partial charge in [0.25, 0.3) is 0 Å².